The summed E-state index contributed by atoms with van der Waals surface area (Å²) in [6.45, 7) is 16.1. The second kappa shape index (κ2) is 21.0. The number of benzene rings is 1. The van der Waals surface area contributed by atoms with Crippen molar-refractivity contribution >= 4 is 23.5 Å². The minimum absolute atomic E-state index is 0.00657. The first kappa shape index (κ1) is 44.3. The van der Waals surface area contributed by atoms with Gasteiger partial charge in [0.1, 0.15) is 11.8 Å². The van der Waals surface area contributed by atoms with Crippen molar-refractivity contribution in [1.82, 2.24) is 20.4 Å². The van der Waals surface area contributed by atoms with E-state index in [0.717, 1.165) is 18.4 Å². The van der Waals surface area contributed by atoms with Crippen LogP contribution >= 0.6 is 0 Å². The highest BCUT2D eigenvalue weighted by Gasteiger charge is 2.43. The molecule has 11 heteroatoms. The van der Waals surface area contributed by atoms with Gasteiger partial charge in [0.25, 0.3) is 0 Å². The van der Waals surface area contributed by atoms with E-state index in [4.69, 9.17) is 9.47 Å². The highest BCUT2D eigenvalue weighted by atomic mass is 16.5. The molecule has 1 unspecified atom stereocenters. The standard InChI is InChI=1S/C40H68N4O7/c1-13-26(6)36(43(10)40(49)35(25(4)5)42-39(48)34(41-9)24(2)3)32(50-11)23-33(46)44-21-17-20-30(44)38(51-12)28(8)31(45)22-27(7)37(47)29-18-15-14-16-19-29/h14-16,18-19,24-28,30,32,34-38,41,47H,13,17,20-23H2,1-12H3,(H,42,48)/t26-,27-,28-,30-,32+,34?,35-,36-,37+,38+/m0/s1. The maximum absolute atomic E-state index is 14.1. The van der Waals surface area contributed by atoms with E-state index in [0.29, 0.717) is 13.0 Å². The molecule has 51 heavy (non-hydrogen) atoms. The number of amides is 3. The third kappa shape index (κ3) is 11.6. The van der Waals surface area contributed by atoms with E-state index in [1.54, 1.807) is 33.2 Å². The smallest absolute Gasteiger partial charge is 0.245 e. The quantitative estimate of drug-likeness (QED) is 0.168. The van der Waals surface area contributed by atoms with Gasteiger partial charge in [-0.05, 0) is 49.1 Å². The van der Waals surface area contributed by atoms with E-state index in [1.807, 2.05) is 90.6 Å². The molecule has 0 aliphatic carbocycles. The number of likely N-dealkylation sites (N-methyl/N-ethyl adjacent to an activating group) is 2. The van der Waals surface area contributed by atoms with Crippen molar-refractivity contribution < 1.29 is 33.8 Å². The fourth-order valence-corrected chi connectivity index (χ4v) is 7.68. The lowest BCUT2D eigenvalue weighted by Crippen LogP contribution is -2.59. The normalized spacial score (nSPS) is 20.2. The third-order valence-electron chi connectivity index (χ3n) is 11.0. The van der Waals surface area contributed by atoms with E-state index in [-0.39, 0.29) is 66.1 Å². The summed E-state index contributed by atoms with van der Waals surface area (Å²) in [5, 5.41) is 16.9. The van der Waals surface area contributed by atoms with E-state index < -0.39 is 42.4 Å². The number of hydrogen-bond donors (Lipinski definition) is 3. The lowest BCUT2D eigenvalue weighted by atomic mass is 9.85. The largest absolute Gasteiger partial charge is 0.388 e. The number of likely N-dealkylation sites (tertiary alicyclic amines) is 1. The van der Waals surface area contributed by atoms with Crippen molar-refractivity contribution in [2.75, 3.05) is 34.9 Å². The number of carbonyl (C=O) groups excluding carboxylic acids is 4. The van der Waals surface area contributed by atoms with Gasteiger partial charge >= 0.3 is 0 Å². The van der Waals surface area contributed by atoms with Gasteiger partial charge in [-0.3, -0.25) is 19.2 Å². The molecule has 1 aromatic carbocycles. The summed E-state index contributed by atoms with van der Waals surface area (Å²) in [7, 11) is 6.62. The Hall–Kier alpha value is -2.86. The van der Waals surface area contributed by atoms with Crippen LogP contribution in [0.2, 0.25) is 0 Å². The van der Waals surface area contributed by atoms with Crippen LogP contribution < -0.4 is 10.6 Å². The second-order valence-corrected chi connectivity index (χ2v) is 15.3. The van der Waals surface area contributed by atoms with Gasteiger partial charge in [0.15, 0.2) is 0 Å². The molecular weight excluding hydrogens is 648 g/mol. The maximum atomic E-state index is 14.1. The van der Waals surface area contributed by atoms with Crippen LogP contribution in [0, 0.1) is 29.6 Å². The van der Waals surface area contributed by atoms with Gasteiger partial charge < -0.3 is 35.0 Å². The summed E-state index contributed by atoms with van der Waals surface area (Å²) in [5.41, 5.74) is 0.773. The zero-order chi connectivity index (χ0) is 38.6. The molecule has 1 heterocycles. The van der Waals surface area contributed by atoms with Gasteiger partial charge in [0.2, 0.25) is 17.7 Å². The van der Waals surface area contributed by atoms with Crippen molar-refractivity contribution in [3.05, 3.63) is 35.9 Å². The topological polar surface area (TPSA) is 138 Å². The first-order valence-electron chi connectivity index (χ1n) is 18.9. The Balaban J connectivity index is 2.24. The van der Waals surface area contributed by atoms with E-state index in [1.165, 1.54) is 0 Å². The molecular formula is C40H68N4O7. The number of hydrogen-bond acceptors (Lipinski definition) is 8. The van der Waals surface area contributed by atoms with Gasteiger partial charge in [-0.1, -0.05) is 92.1 Å². The highest BCUT2D eigenvalue weighted by molar-refractivity contribution is 5.90. The van der Waals surface area contributed by atoms with Crippen molar-refractivity contribution in [2.24, 2.45) is 29.6 Å². The number of rotatable bonds is 21. The molecule has 1 fully saturated rings. The lowest BCUT2D eigenvalue weighted by molar-refractivity contribution is -0.147. The summed E-state index contributed by atoms with van der Waals surface area (Å²) in [4.78, 5) is 58.5. The average molecular weight is 717 g/mol. The predicted octanol–water partition coefficient (Wildman–Crippen LogP) is 4.62. The zero-order valence-electron chi connectivity index (χ0n) is 33.3. The lowest BCUT2D eigenvalue weighted by Gasteiger charge is -2.41. The molecule has 1 aliphatic rings. The van der Waals surface area contributed by atoms with Crippen LogP contribution in [-0.2, 0) is 28.7 Å². The Morgan fingerprint density at radius 2 is 1.53 bits per heavy atom. The highest BCUT2D eigenvalue weighted by Crippen LogP contribution is 2.32. The van der Waals surface area contributed by atoms with Crippen molar-refractivity contribution in [1.29, 1.82) is 0 Å². The molecule has 1 aromatic rings. The van der Waals surface area contributed by atoms with E-state index in [2.05, 4.69) is 10.6 Å². The average Bonchev–Trinajstić information content (AvgIpc) is 3.59. The monoisotopic (exact) mass is 717 g/mol. The minimum atomic E-state index is -0.764. The van der Waals surface area contributed by atoms with E-state index >= 15 is 0 Å². The van der Waals surface area contributed by atoms with Crippen molar-refractivity contribution in [2.45, 2.75) is 130 Å². The molecule has 2 rings (SSSR count). The zero-order valence-corrected chi connectivity index (χ0v) is 33.3. The number of nitrogens with one attached hydrogen (secondary N) is 2. The first-order chi connectivity index (χ1) is 24.0. The Morgan fingerprint density at radius 3 is 2.04 bits per heavy atom. The van der Waals surface area contributed by atoms with Crippen molar-refractivity contribution in [3.8, 4) is 0 Å². The Bertz CT molecular complexity index is 1240. The molecule has 0 bridgehead atoms. The van der Waals surface area contributed by atoms with Gasteiger partial charge in [-0.25, -0.2) is 0 Å². The van der Waals surface area contributed by atoms with E-state index in [9.17, 15) is 24.3 Å². The number of carbonyl (C=O) groups is 4. The van der Waals surface area contributed by atoms with Crippen LogP contribution in [0.25, 0.3) is 0 Å². The Morgan fingerprint density at radius 1 is 0.922 bits per heavy atom. The van der Waals surface area contributed by atoms with Gasteiger partial charge in [-0.15, -0.1) is 0 Å². The number of ether oxygens (including phenoxy) is 2. The number of methoxy groups -OCH3 is 2. The number of ketones is 1. The summed E-state index contributed by atoms with van der Waals surface area (Å²) in [6, 6.07) is 7.42. The number of aliphatic hydroxyl groups is 1. The number of Topliss-reactive ketones (excluding diaryl/α,β-unsaturated/α-hetero) is 1. The summed E-state index contributed by atoms with van der Waals surface area (Å²) in [6.07, 6.45) is 0.590. The maximum Gasteiger partial charge on any atom is 0.245 e. The molecule has 290 valence electrons. The van der Waals surface area contributed by atoms with Crippen LogP contribution in [-0.4, -0.2) is 110 Å². The van der Waals surface area contributed by atoms with Crippen LogP contribution in [0.4, 0.5) is 0 Å². The summed E-state index contributed by atoms with van der Waals surface area (Å²) < 4.78 is 12.0. The summed E-state index contributed by atoms with van der Waals surface area (Å²) >= 11 is 0. The van der Waals surface area contributed by atoms with Crippen LogP contribution in [0.3, 0.4) is 0 Å². The minimum Gasteiger partial charge on any atom is -0.388 e. The molecule has 1 saturated heterocycles. The van der Waals surface area contributed by atoms with Crippen molar-refractivity contribution in [3.63, 3.8) is 0 Å². The fourth-order valence-electron chi connectivity index (χ4n) is 7.68. The molecule has 11 nitrogen and oxygen atoms in total. The predicted molar refractivity (Wildman–Crippen MR) is 201 cm³/mol. The SMILES string of the molecule is CC[C@H](C)[C@@H]([C@@H](CC(=O)N1CCC[C@H]1[C@H](OC)[C@@H](C)C(=O)C[C@H](C)[C@@H](O)c1ccccc1)OC)N(C)C(=O)[C@@H](NC(=O)C(NC)C(C)C)C(C)C. The van der Waals surface area contributed by atoms with Crippen LogP contribution in [0.5, 0.6) is 0 Å². The molecule has 0 aromatic heterocycles. The van der Waals surface area contributed by atoms with Crippen LogP contribution in [0.15, 0.2) is 30.3 Å². The second-order valence-electron chi connectivity index (χ2n) is 15.3. The molecule has 0 spiro atoms. The fraction of sp³-hybridized carbons (Fsp3) is 0.750. The van der Waals surface area contributed by atoms with Gasteiger partial charge in [-0.2, -0.15) is 0 Å². The molecule has 3 amide bonds. The molecule has 3 N–H and O–H groups in total. The third-order valence-corrected chi connectivity index (χ3v) is 11.0. The van der Waals surface area contributed by atoms with Crippen LogP contribution in [0.1, 0.15) is 99.2 Å². The molecule has 0 saturated carbocycles. The molecule has 10 atom stereocenters. The Kier molecular flexibility index (Phi) is 18.2. The number of nitrogens with zero attached hydrogens (tertiary/aromatic N) is 2. The van der Waals surface area contributed by atoms with Gasteiger partial charge in [0.05, 0.1) is 42.9 Å². The number of aliphatic hydroxyl groups excluding tert-OH is 1. The Labute approximate surface area is 307 Å². The summed E-state index contributed by atoms with van der Waals surface area (Å²) in [5.74, 6) is -1.50. The van der Waals surface area contributed by atoms with Gasteiger partial charge in [0, 0.05) is 40.2 Å². The first-order valence-corrected chi connectivity index (χ1v) is 18.9. The molecule has 0 radical (unpaired) electrons. The molecule has 1 aliphatic heterocycles.